The standard InChI is InChI=1S/C14H22ClNO2/c1-9(2)16-7-13(17)8-18-14-10(3)5-12(15)6-11(14)4/h5-6,9,13,16-17H,7-8H2,1-4H3. The minimum Gasteiger partial charge on any atom is -0.490 e. The lowest BCUT2D eigenvalue weighted by Gasteiger charge is -2.17. The van der Waals surface area contributed by atoms with Crippen molar-refractivity contribution in [3.8, 4) is 5.75 Å². The van der Waals surface area contributed by atoms with E-state index < -0.39 is 6.10 Å². The predicted octanol–water partition coefficient (Wildman–Crippen LogP) is 2.69. The molecule has 1 atom stereocenters. The van der Waals surface area contributed by atoms with Crippen LogP contribution in [0, 0.1) is 13.8 Å². The van der Waals surface area contributed by atoms with Gasteiger partial charge in [-0.1, -0.05) is 25.4 Å². The fourth-order valence-electron chi connectivity index (χ4n) is 1.74. The average molecular weight is 272 g/mol. The van der Waals surface area contributed by atoms with E-state index in [9.17, 15) is 5.11 Å². The number of hydrogen-bond acceptors (Lipinski definition) is 3. The quantitative estimate of drug-likeness (QED) is 0.836. The van der Waals surface area contributed by atoms with Crippen LogP contribution in [0.15, 0.2) is 12.1 Å². The summed E-state index contributed by atoms with van der Waals surface area (Å²) < 4.78 is 5.67. The molecule has 0 saturated heterocycles. The first-order valence-electron chi connectivity index (χ1n) is 6.21. The van der Waals surface area contributed by atoms with Gasteiger partial charge in [0.2, 0.25) is 0 Å². The zero-order chi connectivity index (χ0) is 13.7. The van der Waals surface area contributed by atoms with Crippen LogP contribution in [0.3, 0.4) is 0 Å². The number of rotatable bonds is 6. The molecule has 1 aromatic carbocycles. The van der Waals surface area contributed by atoms with Crippen LogP contribution in [-0.2, 0) is 0 Å². The van der Waals surface area contributed by atoms with Gasteiger partial charge in [0.25, 0.3) is 0 Å². The van der Waals surface area contributed by atoms with Crippen molar-refractivity contribution in [2.24, 2.45) is 0 Å². The van der Waals surface area contributed by atoms with Gasteiger partial charge in [-0.15, -0.1) is 0 Å². The van der Waals surface area contributed by atoms with E-state index in [0.717, 1.165) is 16.9 Å². The molecule has 1 rings (SSSR count). The van der Waals surface area contributed by atoms with Crippen molar-refractivity contribution in [2.75, 3.05) is 13.2 Å². The van der Waals surface area contributed by atoms with E-state index in [1.807, 2.05) is 39.8 Å². The molecule has 0 heterocycles. The van der Waals surface area contributed by atoms with Crippen LogP contribution in [-0.4, -0.2) is 30.4 Å². The number of hydrogen-bond donors (Lipinski definition) is 2. The second kappa shape index (κ2) is 6.98. The highest BCUT2D eigenvalue weighted by Gasteiger charge is 2.10. The van der Waals surface area contributed by atoms with Gasteiger partial charge in [0.1, 0.15) is 18.5 Å². The van der Waals surface area contributed by atoms with Crippen molar-refractivity contribution in [3.05, 3.63) is 28.3 Å². The fraction of sp³-hybridized carbons (Fsp3) is 0.571. The van der Waals surface area contributed by atoms with Gasteiger partial charge in [0.15, 0.2) is 0 Å². The van der Waals surface area contributed by atoms with Crippen LogP contribution < -0.4 is 10.1 Å². The van der Waals surface area contributed by atoms with Gasteiger partial charge in [-0.2, -0.15) is 0 Å². The second-order valence-corrected chi connectivity index (χ2v) is 5.33. The van der Waals surface area contributed by atoms with Gasteiger partial charge in [0, 0.05) is 17.6 Å². The summed E-state index contributed by atoms with van der Waals surface area (Å²) in [6.45, 7) is 8.80. The zero-order valence-electron chi connectivity index (χ0n) is 11.5. The molecule has 0 aliphatic rings. The molecule has 0 aliphatic carbocycles. The second-order valence-electron chi connectivity index (χ2n) is 4.90. The Balaban J connectivity index is 2.53. The maximum Gasteiger partial charge on any atom is 0.125 e. The molecule has 0 amide bonds. The fourth-order valence-corrected chi connectivity index (χ4v) is 2.06. The summed E-state index contributed by atoms with van der Waals surface area (Å²) in [4.78, 5) is 0. The molecule has 1 aromatic rings. The Labute approximate surface area is 114 Å². The summed E-state index contributed by atoms with van der Waals surface area (Å²) in [5, 5.41) is 13.7. The lowest BCUT2D eigenvalue weighted by atomic mass is 10.1. The van der Waals surface area contributed by atoms with E-state index in [1.165, 1.54) is 0 Å². The van der Waals surface area contributed by atoms with Crippen molar-refractivity contribution < 1.29 is 9.84 Å². The van der Waals surface area contributed by atoms with Crippen LogP contribution in [0.4, 0.5) is 0 Å². The third kappa shape index (κ3) is 4.84. The number of aliphatic hydroxyl groups excluding tert-OH is 1. The summed E-state index contributed by atoms with van der Waals surface area (Å²) in [6.07, 6.45) is -0.512. The molecular weight excluding hydrogens is 250 g/mol. The molecule has 0 spiro atoms. The topological polar surface area (TPSA) is 41.5 Å². The normalized spacial score (nSPS) is 12.8. The maximum absolute atomic E-state index is 9.78. The van der Waals surface area contributed by atoms with Gasteiger partial charge in [0.05, 0.1) is 0 Å². The van der Waals surface area contributed by atoms with Gasteiger partial charge >= 0.3 is 0 Å². The van der Waals surface area contributed by atoms with E-state index in [4.69, 9.17) is 16.3 Å². The summed E-state index contributed by atoms with van der Waals surface area (Å²) >= 11 is 5.95. The highest BCUT2D eigenvalue weighted by molar-refractivity contribution is 6.30. The van der Waals surface area contributed by atoms with Gasteiger partial charge < -0.3 is 15.2 Å². The average Bonchev–Trinajstić information content (AvgIpc) is 2.24. The molecule has 0 radical (unpaired) electrons. The molecule has 0 aromatic heterocycles. The molecule has 18 heavy (non-hydrogen) atoms. The van der Waals surface area contributed by atoms with Crippen molar-refractivity contribution in [1.82, 2.24) is 5.32 Å². The van der Waals surface area contributed by atoms with E-state index in [-0.39, 0.29) is 6.61 Å². The summed E-state index contributed by atoms with van der Waals surface area (Å²) in [5.41, 5.74) is 1.98. The van der Waals surface area contributed by atoms with Crippen molar-refractivity contribution in [3.63, 3.8) is 0 Å². The molecule has 102 valence electrons. The van der Waals surface area contributed by atoms with Crippen LogP contribution in [0.1, 0.15) is 25.0 Å². The highest BCUT2D eigenvalue weighted by atomic mass is 35.5. The molecule has 0 aliphatic heterocycles. The molecule has 0 saturated carbocycles. The summed E-state index contributed by atoms with van der Waals surface area (Å²) in [6, 6.07) is 4.09. The Morgan fingerprint density at radius 2 is 1.83 bits per heavy atom. The third-order valence-electron chi connectivity index (χ3n) is 2.61. The molecule has 2 N–H and O–H groups in total. The maximum atomic E-state index is 9.78. The number of halogens is 1. The smallest absolute Gasteiger partial charge is 0.125 e. The van der Waals surface area contributed by atoms with E-state index in [0.29, 0.717) is 17.6 Å². The van der Waals surface area contributed by atoms with Crippen LogP contribution >= 0.6 is 11.6 Å². The number of benzene rings is 1. The number of ether oxygens (including phenoxy) is 1. The largest absolute Gasteiger partial charge is 0.490 e. The van der Waals surface area contributed by atoms with Crippen molar-refractivity contribution in [1.29, 1.82) is 0 Å². The Kier molecular flexibility index (Phi) is 5.93. The molecule has 4 heteroatoms. The lowest BCUT2D eigenvalue weighted by molar-refractivity contribution is 0.104. The number of aryl methyl sites for hydroxylation is 2. The number of nitrogens with one attached hydrogen (secondary N) is 1. The summed E-state index contributed by atoms with van der Waals surface area (Å²) in [5.74, 6) is 0.808. The van der Waals surface area contributed by atoms with Crippen molar-refractivity contribution >= 4 is 11.6 Å². The van der Waals surface area contributed by atoms with Gasteiger partial charge in [-0.3, -0.25) is 0 Å². The minimum atomic E-state index is -0.512. The van der Waals surface area contributed by atoms with E-state index in [1.54, 1.807) is 0 Å². The van der Waals surface area contributed by atoms with E-state index in [2.05, 4.69) is 5.32 Å². The Morgan fingerprint density at radius 1 is 1.28 bits per heavy atom. The predicted molar refractivity (Wildman–Crippen MR) is 75.6 cm³/mol. The molecule has 0 bridgehead atoms. The van der Waals surface area contributed by atoms with Crippen LogP contribution in [0.5, 0.6) is 5.75 Å². The van der Waals surface area contributed by atoms with Crippen LogP contribution in [0.2, 0.25) is 5.02 Å². The first-order chi connectivity index (χ1) is 8.40. The lowest BCUT2D eigenvalue weighted by Crippen LogP contribution is -2.35. The molecular formula is C14H22ClNO2. The highest BCUT2D eigenvalue weighted by Crippen LogP contribution is 2.27. The molecule has 1 unspecified atom stereocenters. The van der Waals surface area contributed by atoms with E-state index >= 15 is 0 Å². The van der Waals surface area contributed by atoms with Crippen molar-refractivity contribution in [2.45, 2.75) is 39.8 Å². The zero-order valence-corrected chi connectivity index (χ0v) is 12.2. The van der Waals surface area contributed by atoms with Gasteiger partial charge in [-0.25, -0.2) is 0 Å². The third-order valence-corrected chi connectivity index (χ3v) is 2.83. The number of aliphatic hydroxyl groups is 1. The summed E-state index contributed by atoms with van der Waals surface area (Å²) in [7, 11) is 0. The van der Waals surface area contributed by atoms with Gasteiger partial charge in [-0.05, 0) is 37.1 Å². The first kappa shape index (κ1) is 15.3. The first-order valence-corrected chi connectivity index (χ1v) is 6.59. The monoisotopic (exact) mass is 271 g/mol. The Hall–Kier alpha value is -0.770. The Morgan fingerprint density at radius 3 is 2.33 bits per heavy atom. The minimum absolute atomic E-state index is 0.281. The molecule has 3 nitrogen and oxygen atoms in total. The Bertz CT molecular complexity index is 370. The SMILES string of the molecule is Cc1cc(Cl)cc(C)c1OCC(O)CNC(C)C. The van der Waals surface area contributed by atoms with Crippen LogP contribution in [0.25, 0.3) is 0 Å². The molecule has 0 fully saturated rings.